The summed E-state index contributed by atoms with van der Waals surface area (Å²) in [6.45, 7) is 1.94. The number of carbonyl (C=O) groups is 1. The first-order valence-corrected chi connectivity index (χ1v) is 8.85. The summed E-state index contributed by atoms with van der Waals surface area (Å²) in [5.41, 5.74) is 0. The summed E-state index contributed by atoms with van der Waals surface area (Å²) in [5.74, 6) is 1.33. The second kappa shape index (κ2) is 8.38. The number of carbonyl (C=O) groups excluding carboxylic acids is 1. The molecule has 3 rings (SSSR count). The van der Waals surface area contributed by atoms with Gasteiger partial charge in [0.15, 0.2) is 0 Å². The Morgan fingerprint density at radius 1 is 1.00 bits per heavy atom. The molecule has 3 nitrogen and oxygen atoms in total. The standard InChI is InChI=1S/C17H30N2O.ClH/c20-17(8-4-7-14-5-2-1-3-6-14)19-12-11-15-9-10-16(13-19)18-15;/h14-16,18H,1-13H2;1H. The molecule has 2 aliphatic heterocycles. The van der Waals surface area contributed by atoms with E-state index in [1.54, 1.807) is 0 Å². The number of likely N-dealkylation sites (tertiary alicyclic amines) is 1. The Hall–Kier alpha value is -0.280. The molecule has 2 bridgehead atoms. The van der Waals surface area contributed by atoms with Crippen molar-refractivity contribution in [3.63, 3.8) is 0 Å². The molecule has 0 aromatic rings. The van der Waals surface area contributed by atoms with E-state index in [4.69, 9.17) is 0 Å². The summed E-state index contributed by atoms with van der Waals surface area (Å²) in [6, 6.07) is 1.25. The van der Waals surface area contributed by atoms with Crippen LogP contribution < -0.4 is 5.32 Å². The van der Waals surface area contributed by atoms with E-state index in [-0.39, 0.29) is 12.4 Å². The van der Waals surface area contributed by atoms with Crippen LogP contribution >= 0.6 is 12.4 Å². The monoisotopic (exact) mass is 314 g/mol. The minimum absolute atomic E-state index is 0. The summed E-state index contributed by atoms with van der Waals surface area (Å²) >= 11 is 0. The van der Waals surface area contributed by atoms with Gasteiger partial charge in [0.25, 0.3) is 0 Å². The van der Waals surface area contributed by atoms with Gasteiger partial charge >= 0.3 is 0 Å². The van der Waals surface area contributed by atoms with Gasteiger partial charge in [0.1, 0.15) is 0 Å². The summed E-state index contributed by atoms with van der Waals surface area (Å²) in [5, 5.41) is 3.65. The van der Waals surface area contributed by atoms with Gasteiger partial charge in [-0.05, 0) is 38.0 Å². The minimum Gasteiger partial charge on any atom is -0.341 e. The normalized spacial score (nSPS) is 29.8. The third-order valence-corrected chi connectivity index (χ3v) is 5.60. The lowest BCUT2D eigenvalue weighted by molar-refractivity contribution is -0.131. The van der Waals surface area contributed by atoms with Crippen molar-refractivity contribution in [3.05, 3.63) is 0 Å². The topological polar surface area (TPSA) is 32.3 Å². The molecule has 4 heteroatoms. The van der Waals surface area contributed by atoms with E-state index in [1.807, 2.05) is 0 Å². The van der Waals surface area contributed by atoms with Crippen LogP contribution in [0.2, 0.25) is 0 Å². The molecule has 21 heavy (non-hydrogen) atoms. The maximum absolute atomic E-state index is 12.4. The van der Waals surface area contributed by atoms with Gasteiger partial charge in [-0.25, -0.2) is 0 Å². The van der Waals surface area contributed by atoms with E-state index in [0.29, 0.717) is 18.0 Å². The zero-order chi connectivity index (χ0) is 13.8. The van der Waals surface area contributed by atoms with E-state index in [0.717, 1.165) is 38.3 Å². The van der Waals surface area contributed by atoms with Crippen molar-refractivity contribution in [3.8, 4) is 0 Å². The third kappa shape index (κ3) is 4.85. The van der Waals surface area contributed by atoms with Gasteiger partial charge < -0.3 is 10.2 Å². The van der Waals surface area contributed by atoms with Gasteiger partial charge in [0, 0.05) is 31.6 Å². The average Bonchev–Trinajstić information content (AvgIpc) is 2.79. The number of fused-ring (bicyclic) bond motifs is 2. The SMILES string of the molecule is Cl.O=C(CCCC1CCCCC1)N1CCC2CCC(C1)N2. The van der Waals surface area contributed by atoms with Crippen molar-refractivity contribution < 1.29 is 4.79 Å². The molecule has 1 amide bonds. The predicted molar refractivity (Wildman–Crippen MR) is 88.8 cm³/mol. The summed E-state index contributed by atoms with van der Waals surface area (Å²) in [6.07, 6.45) is 14.0. The fourth-order valence-electron chi connectivity index (χ4n) is 4.35. The quantitative estimate of drug-likeness (QED) is 0.861. The molecular weight excluding hydrogens is 284 g/mol. The van der Waals surface area contributed by atoms with Gasteiger partial charge in [-0.1, -0.05) is 32.1 Å². The van der Waals surface area contributed by atoms with Crippen LogP contribution in [0, 0.1) is 5.92 Å². The Balaban J connectivity index is 0.00000161. The molecule has 2 atom stereocenters. The molecule has 2 heterocycles. The van der Waals surface area contributed by atoms with Gasteiger partial charge in [-0.15, -0.1) is 12.4 Å². The molecule has 1 aliphatic carbocycles. The maximum Gasteiger partial charge on any atom is 0.222 e. The van der Waals surface area contributed by atoms with Crippen LogP contribution in [-0.4, -0.2) is 36.0 Å². The summed E-state index contributed by atoms with van der Waals surface area (Å²) in [7, 11) is 0. The van der Waals surface area contributed by atoms with Gasteiger partial charge in [-0.2, -0.15) is 0 Å². The molecule has 0 radical (unpaired) electrons. The second-order valence-electron chi connectivity index (χ2n) is 7.16. The van der Waals surface area contributed by atoms with Crippen molar-refractivity contribution in [2.45, 2.75) is 82.7 Å². The van der Waals surface area contributed by atoms with Gasteiger partial charge in [0.05, 0.1) is 0 Å². The first-order chi connectivity index (χ1) is 9.81. The van der Waals surface area contributed by atoms with E-state index in [2.05, 4.69) is 10.2 Å². The molecule has 3 fully saturated rings. The highest BCUT2D eigenvalue weighted by Gasteiger charge is 2.30. The Bertz CT molecular complexity index is 331. The lowest BCUT2D eigenvalue weighted by Gasteiger charge is -2.25. The van der Waals surface area contributed by atoms with Crippen LogP contribution in [0.1, 0.15) is 70.6 Å². The number of hydrogen-bond acceptors (Lipinski definition) is 2. The molecule has 2 saturated heterocycles. The highest BCUT2D eigenvalue weighted by Crippen LogP contribution is 2.28. The fraction of sp³-hybridized carbons (Fsp3) is 0.941. The number of nitrogens with one attached hydrogen (secondary N) is 1. The van der Waals surface area contributed by atoms with Crippen LogP contribution in [0.25, 0.3) is 0 Å². The third-order valence-electron chi connectivity index (χ3n) is 5.60. The van der Waals surface area contributed by atoms with Crippen molar-refractivity contribution in [2.24, 2.45) is 5.92 Å². The number of rotatable bonds is 4. The minimum atomic E-state index is 0. The second-order valence-corrected chi connectivity index (χ2v) is 7.16. The Morgan fingerprint density at radius 2 is 1.76 bits per heavy atom. The van der Waals surface area contributed by atoms with Crippen molar-refractivity contribution in [1.82, 2.24) is 10.2 Å². The molecule has 0 aromatic heterocycles. The van der Waals surface area contributed by atoms with Gasteiger partial charge in [0.2, 0.25) is 5.91 Å². The first kappa shape index (κ1) is 17.1. The van der Waals surface area contributed by atoms with E-state index in [1.165, 1.54) is 51.4 Å². The molecule has 1 N–H and O–H groups in total. The maximum atomic E-state index is 12.4. The summed E-state index contributed by atoms with van der Waals surface area (Å²) in [4.78, 5) is 14.5. The first-order valence-electron chi connectivity index (χ1n) is 8.85. The highest BCUT2D eigenvalue weighted by molar-refractivity contribution is 5.85. The largest absolute Gasteiger partial charge is 0.341 e. The number of amides is 1. The van der Waals surface area contributed by atoms with Crippen molar-refractivity contribution >= 4 is 18.3 Å². The van der Waals surface area contributed by atoms with Crippen LogP contribution in [0.4, 0.5) is 0 Å². The molecule has 0 spiro atoms. The number of halogens is 1. The zero-order valence-electron chi connectivity index (χ0n) is 13.2. The summed E-state index contributed by atoms with van der Waals surface area (Å²) < 4.78 is 0. The molecule has 122 valence electrons. The van der Waals surface area contributed by atoms with E-state index < -0.39 is 0 Å². The Morgan fingerprint density at radius 3 is 2.57 bits per heavy atom. The lowest BCUT2D eigenvalue weighted by Crippen LogP contribution is -2.38. The Kier molecular flexibility index (Phi) is 6.81. The molecule has 1 saturated carbocycles. The zero-order valence-corrected chi connectivity index (χ0v) is 14.0. The number of hydrogen-bond donors (Lipinski definition) is 1. The van der Waals surface area contributed by atoms with Crippen molar-refractivity contribution in [2.75, 3.05) is 13.1 Å². The lowest BCUT2D eigenvalue weighted by atomic mass is 9.86. The number of nitrogens with zero attached hydrogens (tertiary/aromatic N) is 1. The Labute approximate surface area is 135 Å². The average molecular weight is 315 g/mol. The van der Waals surface area contributed by atoms with Crippen LogP contribution in [-0.2, 0) is 4.79 Å². The van der Waals surface area contributed by atoms with Crippen LogP contribution in [0.3, 0.4) is 0 Å². The highest BCUT2D eigenvalue weighted by atomic mass is 35.5. The van der Waals surface area contributed by atoms with Crippen LogP contribution in [0.15, 0.2) is 0 Å². The smallest absolute Gasteiger partial charge is 0.222 e. The fourth-order valence-corrected chi connectivity index (χ4v) is 4.35. The molecular formula is C17H31ClN2O. The predicted octanol–water partition coefficient (Wildman–Crippen LogP) is 3.51. The van der Waals surface area contributed by atoms with E-state index >= 15 is 0 Å². The molecule has 0 aromatic carbocycles. The molecule has 3 aliphatic rings. The van der Waals surface area contributed by atoms with Crippen molar-refractivity contribution in [1.29, 1.82) is 0 Å². The van der Waals surface area contributed by atoms with E-state index in [9.17, 15) is 4.79 Å². The van der Waals surface area contributed by atoms with Crippen LogP contribution in [0.5, 0.6) is 0 Å². The van der Waals surface area contributed by atoms with Gasteiger partial charge in [-0.3, -0.25) is 4.79 Å². The molecule has 2 unspecified atom stereocenters.